The molecule has 2 nitrogen and oxygen atoms in total. The molecule has 0 spiro atoms. The van der Waals surface area contributed by atoms with E-state index in [1.807, 2.05) is 36.4 Å². The van der Waals surface area contributed by atoms with Crippen molar-refractivity contribution in [3.8, 4) is 11.5 Å². The molecule has 0 bridgehead atoms. The molecule has 2 N–H and O–H groups in total. The summed E-state index contributed by atoms with van der Waals surface area (Å²) in [5.74, 6) is 1.67. The van der Waals surface area contributed by atoms with E-state index in [4.69, 9.17) is 10.5 Å². The van der Waals surface area contributed by atoms with Gasteiger partial charge >= 0.3 is 0 Å². The van der Waals surface area contributed by atoms with Crippen LogP contribution in [0, 0.1) is 6.92 Å². The summed E-state index contributed by atoms with van der Waals surface area (Å²) in [6.07, 6.45) is 0.904. The van der Waals surface area contributed by atoms with Gasteiger partial charge in [-0.2, -0.15) is 0 Å². The van der Waals surface area contributed by atoms with Gasteiger partial charge in [0.1, 0.15) is 11.5 Å². The molecule has 0 aromatic heterocycles. The van der Waals surface area contributed by atoms with E-state index in [0.717, 1.165) is 22.4 Å². The zero-order chi connectivity index (χ0) is 13.0. The third kappa shape index (κ3) is 3.12. The van der Waals surface area contributed by atoms with Crippen molar-refractivity contribution in [2.45, 2.75) is 13.3 Å². The highest BCUT2D eigenvalue weighted by atomic mass is 79.9. The number of rotatable bonds is 4. The second-order valence-electron chi connectivity index (χ2n) is 4.16. The fourth-order valence-corrected chi connectivity index (χ4v) is 2.19. The summed E-state index contributed by atoms with van der Waals surface area (Å²) in [6, 6.07) is 13.9. The highest BCUT2D eigenvalue weighted by molar-refractivity contribution is 9.10. The van der Waals surface area contributed by atoms with Crippen molar-refractivity contribution < 1.29 is 4.74 Å². The third-order valence-electron chi connectivity index (χ3n) is 2.79. The molecular weight excluding hydrogens is 290 g/mol. The van der Waals surface area contributed by atoms with Crippen molar-refractivity contribution in [3.63, 3.8) is 0 Å². The number of hydrogen-bond donors (Lipinski definition) is 1. The summed E-state index contributed by atoms with van der Waals surface area (Å²) >= 11 is 3.47. The van der Waals surface area contributed by atoms with Crippen molar-refractivity contribution in [1.29, 1.82) is 0 Å². The number of aryl methyl sites for hydroxylation is 1. The number of para-hydroxylation sites is 1. The summed E-state index contributed by atoms with van der Waals surface area (Å²) in [5.41, 5.74) is 8.06. The number of halogens is 1. The predicted octanol–water partition coefficient (Wildman–Crippen LogP) is 4.05. The zero-order valence-corrected chi connectivity index (χ0v) is 11.9. The van der Waals surface area contributed by atoms with E-state index in [1.54, 1.807) is 0 Å². The first-order valence-corrected chi connectivity index (χ1v) is 6.72. The molecule has 2 aromatic carbocycles. The van der Waals surface area contributed by atoms with E-state index in [2.05, 4.69) is 28.9 Å². The lowest BCUT2D eigenvalue weighted by molar-refractivity contribution is 0.479. The van der Waals surface area contributed by atoms with Gasteiger partial charge in [-0.25, -0.2) is 0 Å². The van der Waals surface area contributed by atoms with Gasteiger partial charge in [0.15, 0.2) is 0 Å². The number of nitrogens with two attached hydrogens (primary N) is 1. The Bertz CT molecular complexity index is 540. The quantitative estimate of drug-likeness (QED) is 0.925. The first-order chi connectivity index (χ1) is 8.70. The highest BCUT2D eigenvalue weighted by Gasteiger charge is 2.04. The lowest BCUT2D eigenvalue weighted by atomic mass is 10.1. The van der Waals surface area contributed by atoms with Crippen molar-refractivity contribution in [2.75, 3.05) is 6.54 Å². The fourth-order valence-electron chi connectivity index (χ4n) is 1.82. The van der Waals surface area contributed by atoms with Crippen LogP contribution in [0.4, 0.5) is 0 Å². The van der Waals surface area contributed by atoms with Crippen LogP contribution in [0.25, 0.3) is 0 Å². The largest absolute Gasteiger partial charge is 0.456 e. The fraction of sp³-hybridized carbons (Fsp3) is 0.200. The van der Waals surface area contributed by atoms with E-state index in [9.17, 15) is 0 Å². The lowest BCUT2D eigenvalue weighted by Crippen LogP contribution is -2.04. The number of benzene rings is 2. The van der Waals surface area contributed by atoms with Gasteiger partial charge in [0.25, 0.3) is 0 Å². The predicted molar refractivity (Wildman–Crippen MR) is 78.2 cm³/mol. The molecule has 0 amide bonds. The van der Waals surface area contributed by atoms with Crippen LogP contribution in [0.3, 0.4) is 0 Å². The van der Waals surface area contributed by atoms with E-state index >= 15 is 0 Å². The van der Waals surface area contributed by atoms with Crippen molar-refractivity contribution in [2.24, 2.45) is 5.73 Å². The number of hydrogen-bond acceptors (Lipinski definition) is 2. The number of ether oxygens (including phenoxy) is 1. The molecule has 3 heteroatoms. The summed E-state index contributed by atoms with van der Waals surface area (Å²) in [5, 5.41) is 0. The Kier molecular flexibility index (Phi) is 4.39. The average Bonchev–Trinajstić information content (AvgIpc) is 2.36. The van der Waals surface area contributed by atoms with Crippen LogP contribution in [0.1, 0.15) is 11.1 Å². The van der Waals surface area contributed by atoms with E-state index < -0.39 is 0 Å². The lowest BCUT2D eigenvalue weighted by Gasteiger charge is -2.10. The molecule has 0 heterocycles. The molecule has 0 radical (unpaired) electrons. The van der Waals surface area contributed by atoms with Gasteiger partial charge < -0.3 is 10.5 Å². The van der Waals surface area contributed by atoms with Gasteiger partial charge in [-0.15, -0.1) is 0 Å². The van der Waals surface area contributed by atoms with Crippen LogP contribution in [-0.4, -0.2) is 6.54 Å². The van der Waals surface area contributed by atoms with E-state index in [1.165, 1.54) is 11.1 Å². The maximum atomic E-state index is 5.84. The SMILES string of the molecule is Cc1cc(Oc2ccccc2Br)ccc1CCN. The zero-order valence-electron chi connectivity index (χ0n) is 10.3. The van der Waals surface area contributed by atoms with Crippen LogP contribution >= 0.6 is 15.9 Å². The van der Waals surface area contributed by atoms with Gasteiger partial charge in [0.2, 0.25) is 0 Å². The third-order valence-corrected chi connectivity index (χ3v) is 3.45. The first-order valence-electron chi connectivity index (χ1n) is 5.92. The molecule has 94 valence electrons. The smallest absolute Gasteiger partial charge is 0.141 e. The monoisotopic (exact) mass is 305 g/mol. The molecule has 0 fully saturated rings. The van der Waals surface area contributed by atoms with Crippen LogP contribution in [0.2, 0.25) is 0 Å². The second-order valence-corrected chi connectivity index (χ2v) is 5.01. The molecule has 0 saturated carbocycles. The molecule has 0 aliphatic rings. The molecular formula is C15H16BrNO. The Morgan fingerprint density at radius 2 is 1.94 bits per heavy atom. The second kappa shape index (κ2) is 6.03. The average molecular weight is 306 g/mol. The molecule has 0 saturated heterocycles. The highest BCUT2D eigenvalue weighted by Crippen LogP contribution is 2.30. The van der Waals surface area contributed by atoms with Crippen LogP contribution in [0.15, 0.2) is 46.9 Å². The van der Waals surface area contributed by atoms with E-state index in [0.29, 0.717) is 6.54 Å². The summed E-state index contributed by atoms with van der Waals surface area (Å²) in [6.45, 7) is 2.75. The Hall–Kier alpha value is -1.32. The van der Waals surface area contributed by atoms with Gasteiger partial charge in [-0.3, -0.25) is 0 Å². The Labute approximate surface area is 116 Å². The van der Waals surface area contributed by atoms with Crippen molar-refractivity contribution in [1.82, 2.24) is 0 Å². The van der Waals surface area contributed by atoms with Crippen molar-refractivity contribution >= 4 is 15.9 Å². The minimum Gasteiger partial charge on any atom is -0.456 e. The van der Waals surface area contributed by atoms with Gasteiger partial charge in [-0.05, 0) is 71.2 Å². The van der Waals surface area contributed by atoms with Crippen LogP contribution in [-0.2, 0) is 6.42 Å². The molecule has 0 atom stereocenters. The Morgan fingerprint density at radius 1 is 1.17 bits per heavy atom. The molecule has 2 aromatic rings. The molecule has 2 rings (SSSR count). The molecule has 0 aliphatic heterocycles. The van der Waals surface area contributed by atoms with Gasteiger partial charge in [-0.1, -0.05) is 18.2 Å². The van der Waals surface area contributed by atoms with Gasteiger partial charge in [0, 0.05) is 0 Å². The van der Waals surface area contributed by atoms with E-state index in [-0.39, 0.29) is 0 Å². The minimum atomic E-state index is 0.672. The standard InChI is InChI=1S/C15H16BrNO/c1-11-10-13(7-6-12(11)8-9-17)18-15-5-3-2-4-14(15)16/h2-7,10H,8-9,17H2,1H3. The normalized spacial score (nSPS) is 10.4. The van der Waals surface area contributed by atoms with Crippen molar-refractivity contribution in [3.05, 3.63) is 58.1 Å². The molecule has 0 aliphatic carbocycles. The van der Waals surface area contributed by atoms with Gasteiger partial charge in [0.05, 0.1) is 4.47 Å². The summed E-state index contributed by atoms with van der Waals surface area (Å²) in [7, 11) is 0. The topological polar surface area (TPSA) is 35.2 Å². The van der Waals surface area contributed by atoms with Crippen LogP contribution in [0.5, 0.6) is 11.5 Å². The summed E-state index contributed by atoms with van der Waals surface area (Å²) < 4.78 is 6.80. The maximum absolute atomic E-state index is 5.84. The first kappa shape index (κ1) is 13.1. The minimum absolute atomic E-state index is 0.672. The Morgan fingerprint density at radius 3 is 2.61 bits per heavy atom. The maximum Gasteiger partial charge on any atom is 0.141 e. The molecule has 0 unspecified atom stereocenters. The Balaban J connectivity index is 2.20. The summed E-state index contributed by atoms with van der Waals surface area (Å²) in [4.78, 5) is 0. The van der Waals surface area contributed by atoms with Crippen LogP contribution < -0.4 is 10.5 Å². The molecule has 18 heavy (non-hydrogen) atoms.